The number of allylic oxidation sites excluding steroid dienone is 1. The van der Waals surface area contributed by atoms with Crippen LogP contribution in [0.2, 0.25) is 0 Å². The van der Waals surface area contributed by atoms with Crippen molar-refractivity contribution in [3.05, 3.63) is 46.5 Å². The molecule has 0 saturated carbocycles. The van der Waals surface area contributed by atoms with Crippen molar-refractivity contribution in [3.63, 3.8) is 0 Å². The second kappa shape index (κ2) is 14.8. The molecule has 0 saturated heterocycles. The highest BCUT2D eigenvalue weighted by atomic mass is 16.7. The van der Waals surface area contributed by atoms with Gasteiger partial charge in [0.15, 0.2) is 0 Å². The van der Waals surface area contributed by atoms with Gasteiger partial charge in [0.2, 0.25) is 0 Å². The number of hydrogen-bond donors (Lipinski definition) is 1. The molecule has 1 aromatic carbocycles. The summed E-state index contributed by atoms with van der Waals surface area (Å²) in [7, 11) is 0. The number of carbonyl (C=O) groups excluding carboxylic acids is 2. The Kier molecular flexibility index (Phi) is 12.2. The Balaban J connectivity index is 1.95. The molecule has 0 bridgehead atoms. The Hall–Kier alpha value is -3.18. The lowest BCUT2D eigenvalue weighted by Gasteiger charge is -2.08. The third-order valence-corrected chi connectivity index (χ3v) is 3.13. The Labute approximate surface area is 167 Å². The van der Waals surface area contributed by atoms with Gasteiger partial charge in [-0.2, -0.15) is 0 Å². The summed E-state index contributed by atoms with van der Waals surface area (Å²) in [6.07, 6.45) is 2.04. The predicted molar refractivity (Wildman–Crippen MR) is 101 cm³/mol. The maximum atomic E-state index is 11.5. The highest BCUT2D eigenvalue weighted by Crippen LogP contribution is 2.17. The summed E-state index contributed by atoms with van der Waals surface area (Å²) in [6, 6.07) is 5.02. The molecule has 0 radical (unpaired) electrons. The largest absolute Gasteiger partial charge is 0.513 e. The molecule has 29 heavy (non-hydrogen) atoms. The molecule has 1 rings (SSSR count). The molecule has 1 aromatic rings. The molecule has 0 aliphatic heterocycles. The SMILES string of the molecule is C/C=C/COC(=O)NCCOCCOCCOC(=O)Oc1ccc([N+](=O)[O-])cc1. The van der Waals surface area contributed by atoms with E-state index in [0.29, 0.717) is 19.8 Å². The van der Waals surface area contributed by atoms with Crippen molar-refractivity contribution in [1.82, 2.24) is 5.32 Å². The number of rotatable bonds is 13. The maximum absolute atomic E-state index is 11.5. The van der Waals surface area contributed by atoms with E-state index in [1.54, 1.807) is 12.2 Å². The second-order valence-corrected chi connectivity index (χ2v) is 5.27. The summed E-state index contributed by atoms with van der Waals surface area (Å²) in [4.78, 5) is 32.7. The summed E-state index contributed by atoms with van der Waals surface area (Å²) in [5.41, 5.74) is -0.110. The van der Waals surface area contributed by atoms with E-state index in [-0.39, 0.29) is 37.9 Å². The number of amides is 1. The molecule has 0 heterocycles. The summed E-state index contributed by atoms with van der Waals surface area (Å²) in [6.45, 7) is 3.39. The monoisotopic (exact) mass is 412 g/mol. The van der Waals surface area contributed by atoms with E-state index < -0.39 is 17.2 Å². The smallest absolute Gasteiger partial charge is 0.445 e. The normalized spacial score (nSPS) is 10.5. The third kappa shape index (κ3) is 12.0. The van der Waals surface area contributed by atoms with E-state index in [1.807, 2.05) is 6.92 Å². The van der Waals surface area contributed by atoms with Crippen molar-refractivity contribution in [2.75, 3.05) is 46.2 Å². The van der Waals surface area contributed by atoms with Crippen molar-refractivity contribution < 1.29 is 38.2 Å². The second-order valence-electron chi connectivity index (χ2n) is 5.27. The van der Waals surface area contributed by atoms with Gasteiger partial charge in [-0.05, 0) is 19.1 Å². The van der Waals surface area contributed by atoms with E-state index in [9.17, 15) is 19.7 Å². The van der Waals surface area contributed by atoms with Crippen LogP contribution in [0.25, 0.3) is 0 Å². The Morgan fingerprint density at radius 3 is 2.34 bits per heavy atom. The maximum Gasteiger partial charge on any atom is 0.513 e. The Bertz CT molecular complexity index is 662. The van der Waals surface area contributed by atoms with Gasteiger partial charge in [-0.25, -0.2) is 9.59 Å². The lowest BCUT2D eigenvalue weighted by molar-refractivity contribution is -0.384. The Morgan fingerprint density at radius 1 is 1.03 bits per heavy atom. The zero-order valence-corrected chi connectivity index (χ0v) is 16.0. The number of nitro groups is 1. The zero-order valence-electron chi connectivity index (χ0n) is 16.0. The molecule has 0 unspecified atom stereocenters. The number of benzene rings is 1. The van der Waals surface area contributed by atoms with E-state index >= 15 is 0 Å². The molecule has 0 aliphatic rings. The highest BCUT2D eigenvalue weighted by Gasteiger charge is 2.09. The first-order chi connectivity index (χ1) is 14.0. The van der Waals surface area contributed by atoms with Gasteiger partial charge in [-0.1, -0.05) is 12.2 Å². The fraction of sp³-hybridized carbons (Fsp3) is 0.444. The van der Waals surface area contributed by atoms with Crippen molar-refractivity contribution in [2.45, 2.75) is 6.92 Å². The minimum Gasteiger partial charge on any atom is -0.445 e. The number of ether oxygens (including phenoxy) is 5. The molecular weight excluding hydrogens is 388 g/mol. The number of hydrogen-bond acceptors (Lipinski definition) is 9. The van der Waals surface area contributed by atoms with Gasteiger partial charge in [0.25, 0.3) is 5.69 Å². The van der Waals surface area contributed by atoms with Crippen LogP contribution >= 0.6 is 0 Å². The van der Waals surface area contributed by atoms with Crippen LogP contribution in [-0.4, -0.2) is 63.4 Å². The first kappa shape index (κ1) is 23.9. The molecule has 1 amide bonds. The number of nitrogens with one attached hydrogen (secondary N) is 1. The molecule has 1 N–H and O–H groups in total. The molecule has 0 aliphatic carbocycles. The van der Waals surface area contributed by atoms with Gasteiger partial charge in [0, 0.05) is 18.7 Å². The number of non-ortho nitro benzene ring substituents is 1. The van der Waals surface area contributed by atoms with Gasteiger partial charge < -0.3 is 29.0 Å². The van der Waals surface area contributed by atoms with Crippen LogP contribution in [0, 0.1) is 10.1 Å². The zero-order chi connectivity index (χ0) is 21.3. The molecule has 0 aromatic heterocycles. The van der Waals surface area contributed by atoms with Crippen LogP contribution in [0.1, 0.15) is 6.92 Å². The van der Waals surface area contributed by atoms with E-state index in [2.05, 4.69) is 5.32 Å². The first-order valence-electron chi connectivity index (χ1n) is 8.79. The molecular formula is C18H24N2O9. The molecule has 11 heteroatoms. The average Bonchev–Trinajstić information content (AvgIpc) is 2.70. The van der Waals surface area contributed by atoms with Crippen molar-refractivity contribution in [3.8, 4) is 5.75 Å². The average molecular weight is 412 g/mol. The summed E-state index contributed by atoms with van der Waals surface area (Å²) in [5.74, 6) is 0.134. The lowest BCUT2D eigenvalue weighted by atomic mass is 10.3. The van der Waals surface area contributed by atoms with Crippen molar-refractivity contribution >= 4 is 17.9 Å². The van der Waals surface area contributed by atoms with E-state index in [4.69, 9.17) is 23.7 Å². The molecule has 11 nitrogen and oxygen atoms in total. The number of alkyl carbamates (subject to hydrolysis) is 1. The van der Waals surface area contributed by atoms with Gasteiger partial charge >= 0.3 is 12.2 Å². The van der Waals surface area contributed by atoms with Gasteiger partial charge in [-0.15, -0.1) is 0 Å². The van der Waals surface area contributed by atoms with Crippen LogP contribution in [0.4, 0.5) is 15.3 Å². The third-order valence-electron chi connectivity index (χ3n) is 3.13. The quantitative estimate of drug-likeness (QED) is 0.129. The van der Waals surface area contributed by atoms with E-state index in [0.717, 1.165) is 0 Å². The summed E-state index contributed by atoms with van der Waals surface area (Å²) in [5, 5.41) is 13.1. The van der Waals surface area contributed by atoms with Gasteiger partial charge in [0.05, 0.1) is 31.4 Å². The van der Waals surface area contributed by atoms with Crippen LogP contribution in [0.3, 0.4) is 0 Å². The molecule has 0 atom stereocenters. The molecule has 0 spiro atoms. The van der Waals surface area contributed by atoms with Crippen LogP contribution in [0.15, 0.2) is 36.4 Å². The lowest BCUT2D eigenvalue weighted by Crippen LogP contribution is -2.28. The minimum atomic E-state index is -0.939. The first-order valence-corrected chi connectivity index (χ1v) is 8.79. The van der Waals surface area contributed by atoms with Crippen molar-refractivity contribution in [2.24, 2.45) is 0 Å². The standard InChI is InChI=1S/C18H24N2O9/c1-2-3-9-27-17(21)19-8-10-25-11-12-26-13-14-28-18(22)29-16-6-4-15(5-7-16)20(23)24/h2-7H,8-14H2,1H3,(H,19,21)/b3-2+. The van der Waals surface area contributed by atoms with Crippen LogP contribution in [0.5, 0.6) is 5.75 Å². The van der Waals surface area contributed by atoms with Crippen LogP contribution < -0.4 is 10.1 Å². The topological polar surface area (TPSA) is 135 Å². The predicted octanol–water partition coefficient (Wildman–Crippen LogP) is 2.45. The summed E-state index contributed by atoms with van der Waals surface area (Å²) < 4.78 is 25.0. The molecule has 0 fully saturated rings. The van der Waals surface area contributed by atoms with Gasteiger partial charge in [-0.3, -0.25) is 10.1 Å². The number of carbonyl (C=O) groups is 2. The van der Waals surface area contributed by atoms with Gasteiger partial charge in [0.1, 0.15) is 19.0 Å². The van der Waals surface area contributed by atoms with E-state index in [1.165, 1.54) is 24.3 Å². The minimum absolute atomic E-state index is 0.0224. The van der Waals surface area contributed by atoms with Crippen LogP contribution in [-0.2, 0) is 18.9 Å². The fourth-order valence-corrected chi connectivity index (χ4v) is 1.76. The molecule has 160 valence electrons. The highest BCUT2D eigenvalue weighted by molar-refractivity contribution is 5.67. The van der Waals surface area contributed by atoms with Crippen molar-refractivity contribution in [1.29, 1.82) is 0 Å². The Morgan fingerprint density at radius 2 is 1.69 bits per heavy atom. The fourth-order valence-electron chi connectivity index (χ4n) is 1.76. The number of nitro benzene ring substituents is 1. The summed E-state index contributed by atoms with van der Waals surface area (Å²) >= 11 is 0. The number of nitrogens with zero attached hydrogens (tertiary/aromatic N) is 1.